The van der Waals surface area contributed by atoms with Crippen LogP contribution in [-0.2, 0) is 4.74 Å². The van der Waals surface area contributed by atoms with Gasteiger partial charge in [-0.1, -0.05) is 12.1 Å². The molecule has 1 atom stereocenters. The zero-order valence-electron chi connectivity index (χ0n) is 10.5. The van der Waals surface area contributed by atoms with Gasteiger partial charge in [0.05, 0.1) is 6.10 Å². The molecule has 1 aromatic carbocycles. The van der Waals surface area contributed by atoms with Crippen LogP contribution >= 0.6 is 0 Å². The summed E-state index contributed by atoms with van der Waals surface area (Å²) in [4.78, 5) is 3.15. The highest BCUT2D eigenvalue weighted by Crippen LogP contribution is 2.27. The van der Waals surface area contributed by atoms with Crippen LogP contribution in [0.25, 0.3) is 4.98 Å². The Kier molecular flexibility index (Phi) is 6.25. The molecule has 0 aliphatic carbocycles. The number of benzene rings is 1. The number of ether oxygens (including phenoxy) is 2. The minimum atomic E-state index is -6.00. The van der Waals surface area contributed by atoms with Crippen molar-refractivity contribution >= 4 is 12.9 Å². The lowest BCUT2D eigenvalue weighted by Gasteiger charge is -2.09. The maximum atomic E-state index is 9.75. The second-order valence-electron chi connectivity index (χ2n) is 4.01. The van der Waals surface area contributed by atoms with Crippen LogP contribution in [0.4, 0.5) is 23.0 Å². The molecule has 0 amide bonds. The SMILES string of the molecule is F[B-](F)(F)F.N#[N+]c1ccccc1OCC1CCCO1. The zero-order chi connectivity index (χ0) is 15.0. The lowest BCUT2D eigenvalue weighted by molar-refractivity contribution is 0.0682. The first-order chi connectivity index (χ1) is 9.40. The van der Waals surface area contributed by atoms with Gasteiger partial charge in [0.2, 0.25) is 11.1 Å². The average Bonchev–Trinajstić information content (AvgIpc) is 2.88. The lowest BCUT2D eigenvalue weighted by Crippen LogP contribution is -2.16. The van der Waals surface area contributed by atoms with E-state index in [2.05, 4.69) is 4.98 Å². The molecule has 4 nitrogen and oxygen atoms in total. The Morgan fingerprint density at radius 1 is 1.30 bits per heavy atom. The van der Waals surface area contributed by atoms with E-state index in [1.54, 1.807) is 18.2 Å². The molecule has 0 radical (unpaired) electrons. The van der Waals surface area contributed by atoms with Crippen LogP contribution in [0, 0.1) is 5.39 Å². The van der Waals surface area contributed by atoms with Crippen molar-refractivity contribution in [1.29, 1.82) is 5.39 Å². The number of hydrogen-bond acceptors (Lipinski definition) is 3. The number of diazo groups is 1. The molecule has 1 heterocycles. The standard InChI is InChI=1S/C11H13N2O2.BF4/c12-13-10-5-1-2-6-11(10)15-8-9-4-3-7-14-9;2-1(3,4)5/h1-2,5-6,9H,3-4,7-8H2;/q+1;-1. The maximum absolute atomic E-state index is 9.75. The molecule has 20 heavy (non-hydrogen) atoms. The van der Waals surface area contributed by atoms with Gasteiger partial charge >= 0.3 is 12.9 Å². The number of rotatable bonds is 3. The van der Waals surface area contributed by atoms with Gasteiger partial charge in [0.1, 0.15) is 6.61 Å². The highest BCUT2D eigenvalue weighted by Gasteiger charge is 2.20. The Balaban J connectivity index is 0.000000347. The van der Waals surface area contributed by atoms with E-state index < -0.39 is 7.25 Å². The molecule has 0 spiro atoms. The van der Waals surface area contributed by atoms with Crippen molar-refractivity contribution in [1.82, 2.24) is 0 Å². The van der Waals surface area contributed by atoms with Gasteiger partial charge in [-0.2, -0.15) is 0 Å². The van der Waals surface area contributed by atoms with E-state index in [0.717, 1.165) is 19.4 Å². The first kappa shape index (κ1) is 16.2. The van der Waals surface area contributed by atoms with Crippen molar-refractivity contribution in [3.8, 4) is 5.75 Å². The van der Waals surface area contributed by atoms with Crippen LogP contribution in [0.15, 0.2) is 24.3 Å². The molecular weight excluding hydrogens is 279 g/mol. The van der Waals surface area contributed by atoms with Crippen molar-refractivity contribution in [2.24, 2.45) is 0 Å². The van der Waals surface area contributed by atoms with Crippen molar-refractivity contribution < 1.29 is 26.7 Å². The Hall–Kier alpha value is -1.82. The van der Waals surface area contributed by atoms with Gasteiger partial charge in [-0.3, -0.25) is 0 Å². The number of para-hydroxylation sites is 1. The van der Waals surface area contributed by atoms with Gasteiger partial charge in [0, 0.05) is 12.7 Å². The van der Waals surface area contributed by atoms with Gasteiger partial charge in [-0.05, 0) is 18.9 Å². The van der Waals surface area contributed by atoms with Gasteiger partial charge in [-0.15, -0.1) is 0 Å². The summed E-state index contributed by atoms with van der Waals surface area (Å²) < 4.78 is 50.0. The number of nitrogens with zero attached hydrogens (tertiary/aromatic N) is 2. The van der Waals surface area contributed by atoms with E-state index in [4.69, 9.17) is 14.9 Å². The van der Waals surface area contributed by atoms with E-state index >= 15 is 0 Å². The third-order valence-corrected chi connectivity index (χ3v) is 2.42. The molecule has 2 rings (SSSR count). The molecule has 0 aromatic heterocycles. The minimum Gasteiger partial charge on any atom is -0.483 e. The molecule has 0 N–H and O–H groups in total. The maximum Gasteiger partial charge on any atom is 0.673 e. The summed E-state index contributed by atoms with van der Waals surface area (Å²) in [6, 6.07) is 7.13. The predicted octanol–water partition coefficient (Wildman–Crippen LogP) is 4.03. The van der Waals surface area contributed by atoms with Crippen LogP contribution in [0.3, 0.4) is 0 Å². The fourth-order valence-corrected chi connectivity index (χ4v) is 1.62. The Morgan fingerprint density at radius 3 is 2.50 bits per heavy atom. The van der Waals surface area contributed by atoms with Crippen LogP contribution in [-0.4, -0.2) is 26.6 Å². The summed E-state index contributed by atoms with van der Waals surface area (Å²) in [6.45, 7) is 1.34. The van der Waals surface area contributed by atoms with Gasteiger partial charge < -0.3 is 26.7 Å². The molecule has 9 heteroatoms. The van der Waals surface area contributed by atoms with E-state index in [9.17, 15) is 17.3 Å². The molecule has 1 aliphatic rings. The molecule has 1 saturated heterocycles. The zero-order valence-corrected chi connectivity index (χ0v) is 10.5. The first-order valence-corrected chi connectivity index (χ1v) is 5.96. The van der Waals surface area contributed by atoms with Crippen LogP contribution in [0.5, 0.6) is 5.75 Å². The summed E-state index contributed by atoms with van der Waals surface area (Å²) in [6.07, 6.45) is 2.31. The lowest BCUT2D eigenvalue weighted by atomic mass is 10.2. The van der Waals surface area contributed by atoms with Crippen LogP contribution in [0.2, 0.25) is 0 Å². The third-order valence-electron chi connectivity index (χ3n) is 2.42. The van der Waals surface area contributed by atoms with E-state index in [1.165, 1.54) is 0 Å². The third kappa shape index (κ3) is 6.94. The van der Waals surface area contributed by atoms with E-state index in [0.29, 0.717) is 18.0 Å². The molecule has 0 bridgehead atoms. The summed E-state index contributed by atoms with van der Waals surface area (Å²) in [5.41, 5.74) is 0.454. The second-order valence-corrected chi connectivity index (χ2v) is 4.01. The van der Waals surface area contributed by atoms with Crippen molar-refractivity contribution in [2.45, 2.75) is 18.9 Å². The monoisotopic (exact) mass is 292 g/mol. The quantitative estimate of drug-likeness (QED) is 0.480. The van der Waals surface area contributed by atoms with E-state index in [1.807, 2.05) is 6.07 Å². The summed E-state index contributed by atoms with van der Waals surface area (Å²) in [7, 11) is -6.00. The predicted molar refractivity (Wildman–Crippen MR) is 65.8 cm³/mol. The van der Waals surface area contributed by atoms with Crippen LogP contribution < -0.4 is 4.74 Å². The van der Waals surface area contributed by atoms with Crippen molar-refractivity contribution in [3.63, 3.8) is 0 Å². The van der Waals surface area contributed by atoms with Gasteiger partial charge in [-0.25, -0.2) is 0 Å². The molecule has 1 aromatic rings. The number of halogens is 4. The highest BCUT2D eigenvalue weighted by atomic mass is 19.5. The fourth-order valence-electron chi connectivity index (χ4n) is 1.62. The topological polar surface area (TPSA) is 46.6 Å². The minimum absolute atomic E-state index is 0.178. The second kappa shape index (κ2) is 7.70. The fraction of sp³-hybridized carbons (Fsp3) is 0.455. The van der Waals surface area contributed by atoms with Gasteiger partial charge in [0.15, 0.2) is 4.98 Å². The average molecular weight is 292 g/mol. The van der Waals surface area contributed by atoms with E-state index in [-0.39, 0.29) is 6.10 Å². The normalized spacial score (nSPS) is 17.9. The highest BCUT2D eigenvalue weighted by molar-refractivity contribution is 6.50. The van der Waals surface area contributed by atoms with Gasteiger partial charge in [0.25, 0.3) is 0 Å². The number of hydrogen-bond donors (Lipinski definition) is 0. The Morgan fingerprint density at radius 2 is 1.95 bits per heavy atom. The molecule has 1 aliphatic heterocycles. The summed E-state index contributed by atoms with van der Waals surface area (Å²) >= 11 is 0. The molecule has 0 saturated carbocycles. The smallest absolute Gasteiger partial charge is 0.483 e. The molecule has 1 fully saturated rings. The van der Waals surface area contributed by atoms with Crippen molar-refractivity contribution in [2.75, 3.05) is 13.2 Å². The molecule has 110 valence electrons. The van der Waals surface area contributed by atoms with Crippen molar-refractivity contribution in [3.05, 3.63) is 29.2 Å². The molecule has 1 unspecified atom stereocenters. The summed E-state index contributed by atoms with van der Waals surface area (Å²) in [5.74, 6) is 0.593. The first-order valence-electron chi connectivity index (χ1n) is 5.96. The summed E-state index contributed by atoms with van der Waals surface area (Å²) in [5, 5.41) is 8.72. The molecular formula is C11H13BF4N2O2. The largest absolute Gasteiger partial charge is 0.673 e. The Bertz CT molecular complexity index is 452. The van der Waals surface area contributed by atoms with Crippen LogP contribution in [0.1, 0.15) is 12.8 Å². The Labute approximate surface area is 113 Å².